The first-order valence-electron chi connectivity index (χ1n) is 7.25. The van der Waals surface area contributed by atoms with Gasteiger partial charge in [-0.3, -0.25) is 0 Å². The van der Waals surface area contributed by atoms with Gasteiger partial charge in [0, 0.05) is 30.2 Å². The molecule has 0 saturated heterocycles. The molecule has 3 nitrogen and oxygen atoms in total. The zero-order valence-corrected chi connectivity index (χ0v) is 13.6. The van der Waals surface area contributed by atoms with Gasteiger partial charge in [0.1, 0.15) is 0 Å². The Morgan fingerprint density at radius 1 is 1.43 bits per heavy atom. The van der Waals surface area contributed by atoms with Gasteiger partial charge in [-0.2, -0.15) is 0 Å². The first-order chi connectivity index (χ1) is 10.1. The Bertz CT molecular complexity index is 557. The SMILES string of the molecule is CCCNCc1ccnc(N(C)C(C)c2cccs2)c1F. The van der Waals surface area contributed by atoms with E-state index in [1.807, 2.05) is 23.4 Å². The Morgan fingerprint density at radius 2 is 2.24 bits per heavy atom. The summed E-state index contributed by atoms with van der Waals surface area (Å²) in [6, 6.07) is 5.92. The lowest BCUT2D eigenvalue weighted by Gasteiger charge is -2.26. The van der Waals surface area contributed by atoms with Crippen molar-refractivity contribution in [2.24, 2.45) is 0 Å². The predicted molar refractivity (Wildman–Crippen MR) is 87.3 cm³/mol. The molecule has 2 rings (SSSR count). The third-order valence-corrected chi connectivity index (χ3v) is 4.61. The molecule has 1 N–H and O–H groups in total. The summed E-state index contributed by atoms with van der Waals surface area (Å²) in [7, 11) is 1.89. The summed E-state index contributed by atoms with van der Waals surface area (Å²) < 4.78 is 14.6. The van der Waals surface area contributed by atoms with Crippen molar-refractivity contribution in [1.82, 2.24) is 10.3 Å². The second-order valence-corrected chi connectivity index (χ2v) is 6.07. The van der Waals surface area contributed by atoms with Crippen molar-refractivity contribution in [2.75, 3.05) is 18.5 Å². The van der Waals surface area contributed by atoms with E-state index in [2.05, 4.69) is 30.2 Å². The third kappa shape index (κ3) is 3.80. The molecule has 1 atom stereocenters. The number of halogens is 1. The van der Waals surface area contributed by atoms with Gasteiger partial charge < -0.3 is 10.2 Å². The maximum Gasteiger partial charge on any atom is 0.170 e. The smallest absolute Gasteiger partial charge is 0.170 e. The summed E-state index contributed by atoms with van der Waals surface area (Å²) in [5.41, 5.74) is 0.665. The van der Waals surface area contributed by atoms with Crippen LogP contribution in [0, 0.1) is 5.82 Å². The van der Waals surface area contributed by atoms with Crippen LogP contribution in [0.1, 0.15) is 36.8 Å². The Balaban J connectivity index is 2.17. The van der Waals surface area contributed by atoms with Crippen LogP contribution in [-0.4, -0.2) is 18.6 Å². The fourth-order valence-corrected chi connectivity index (χ4v) is 2.98. The molecule has 2 heterocycles. The largest absolute Gasteiger partial charge is 0.350 e. The van der Waals surface area contributed by atoms with Crippen LogP contribution in [0.25, 0.3) is 0 Å². The molecule has 2 aromatic rings. The van der Waals surface area contributed by atoms with Crippen LogP contribution in [0.5, 0.6) is 0 Å². The Hall–Kier alpha value is -1.46. The van der Waals surface area contributed by atoms with Gasteiger partial charge in [-0.1, -0.05) is 13.0 Å². The molecule has 2 aromatic heterocycles. The maximum atomic E-state index is 14.6. The minimum atomic E-state index is -0.230. The lowest BCUT2D eigenvalue weighted by molar-refractivity contribution is 0.571. The molecule has 0 saturated carbocycles. The molecule has 0 fully saturated rings. The molecule has 5 heteroatoms. The molecular formula is C16H22FN3S. The van der Waals surface area contributed by atoms with Crippen molar-refractivity contribution >= 4 is 17.2 Å². The molecule has 0 aliphatic rings. The first kappa shape index (κ1) is 15.9. The number of anilines is 1. The lowest BCUT2D eigenvalue weighted by atomic mass is 10.2. The van der Waals surface area contributed by atoms with E-state index in [4.69, 9.17) is 0 Å². The summed E-state index contributed by atoms with van der Waals surface area (Å²) in [6.45, 7) is 5.59. The maximum absolute atomic E-state index is 14.6. The Labute approximate surface area is 129 Å². The van der Waals surface area contributed by atoms with Gasteiger partial charge in [0.05, 0.1) is 6.04 Å². The van der Waals surface area contributed by atoms with E-state index in [1.54, 1.807) is 23.6 Å². The van der Waals surface area contributed by atoms with Gasteiger partial charge >= 0.3 is 0 Å². The van der Waals surface area contributed by atoms with Gasteiger partial charge in [-0.25, -0.2) is 9.37 Å². The molecule has 0 aliphatic carbocycles. The van der Waals surface area contributed by atoms with E-state index in [0.29, 0.717) is 17.9 Å². The summed E-state index contributed by atoms with van der Waals surface area (Å²) in [4.78, 5) is 7.32. The second-order valence-electron chi connectivity index (χ2n) is 5.09. The van der Waals surface area contributed by atoms with Gasteiger partial charge in [0.15, 0.2) is 11.6 Å². The number of pyridine rings is 1. The van der Waals surface area contributed by atoms with E-state index in [0.717, 1.165) is 13.0 Å². The number of nitrogens with zero attached hydrogens (tertiary/aromatic N) is 2. The van der Waals surface area contributed by atoms with Crippen LogP contribution in [-0.2, 0) is 6.54 Å². The van der Waals surface area contributed by atoms with E-state index in [9.17, 15) is 4.39 Å². The van der Waals surface area contributed by atoms with E-state index >= 15 is 0 Å². The number of hydrogen-bond acceptors (Lipinski definition) is 4. The highest BCUT2D eigenvalue weighted by atomic mass is 32.1. The predicted octanol–water partition coefficient (Wildman–Crippen LogP) is 3.98. The molecule has 0 amide bonds. The summed E-state index contributed by atoms with van der Waals surface area (Å²) in [6.07, 6.45) is 2.72. The zero-order valence-electron chi connectivity index (χ0n) is 12.8. The highest BCUT2D eigenvalue weighted by Crippen LogP contribution is 2.29. The number of hydrogen-bond donors (Lipinski definition) is 1. The lowest BCUT2D eigenvalue weighted by Crippen LogP contribution is -2.24. The van der Waals surface area contributed by atoms with Crippen molar-refractivity contribution in [3.05, 3.63) is 46.0 Å². The third-order valence-electron chi connectivity index (χ3n) is 3.56. The average molecular weight is 307 g/mol. The topological polar surface area (TPSA) is 28.2 Å². The molecule has 0 bridgehead atoms. The van der Waals surface area contributed by atoms with Crippen molar-refractivity contribution in [1.29, 1.82) is 0 Å². The monoisotopic (exact) mass is 307 g/mol. The Morgan fingerprint density at radius 3 is 2.90 bits per heavy atom. The number of nitrogens with one attached hydrogen (secondary N) is 1. The minimum absolute atomic E-state index is 0.103. The van der Waals surface area contributed by atoms with Crippen molar-refractivity contribution in [3.8, 4) is 0 Å². The quantitative estimate of drug-likeness (QED) is 0.784. The van der Waals surface area contributed by atoms with Crippen LogP contribution >= 0.6 is 11.3 Å². The average Bonchev–Trinajstić information content (AvgIpc) is 3.02. The normalized spacial score (nSPS) is 12.4. The number of rotatable bonds is 7. The fourth-order valence-electron chi connectivity index (χ4n) is 2.16. The van der Waals surface area contributed by atoms with Crippen LogP contribution in [0.4, 0.5) is 10.2 Å². The van der Waals surface area contributed by atoms with Gasteiger partial charge in [0.2, 0.25) is 0 Å². The van der Waals surface area contributed by atoms with Crippen LogP contribution < -0.4 is 10.2 Å². The highest BCUT2D eigenvalue weighted by molar-refractivity contribution is 7.10. The van der Waals surface area contributed by atoms with Gasteiger partial charge in [-0.05, 0) is 37.4 Å². The van der Waals surface area contributed by atoms with Crippen LogP contribution in [0.15, 0.2) is 29.8 Å². The summed E-state index contributed by atoms with van der Waals surface area (Å²) in [5.74, 6) is 0.179. The molecule has 114 valence electrons. The Kier molecular flexibility index (Phi) is 5.70. The van der Waals surface area contributed by atoms with E-state index < -0.39 is 0 Å². The van der Waals surface area contributed by atoms with Crippen molar-refractivity contribution in [2.45, 2.75) is 32.9 Å². The van der Waals surface area contributed by atoms with Crippen LogP contribution in [0.3, 0.4) is 0 Å². The number of aromatic nitrogens is 1. The second kappa shape index (κ2) is 7.52. The molecule has 1 unspecified atom stereocenters. The number of thiophene rings is 1. The van der Waals surface area contributed by atoms with Crippen molar-refractivity contribution in [3.63, 3.8) is 0 Å². The molecule has 21 heavy (non-hydrogen) atoms. The fraction of sp³-hybridized carbons (Fsp3) is 0.438. The molecule has 0 aromatic carbocycles. The van der Waals surface area contributed by atoms with Gasteiger partial charge in [0.25, 0.3) is 0 Å². The summed E-state index contributed by atoms with van der Waals surface area (Å²) in [5, 5.41) is 5.27. The van der Waals surface area contributed by atoms with E-state index in [1.165, 1.54) is 4.88 Å². The van der Waals surface area contributed by atoms with Gasteiger partial charge in [-0.15, -0.1) is 11.3 Å². The zero-order chi connectivity index (χ0) is 15.2. The van der Waals surface area contributed by atoms with Crippen LogP contribution in [0.2, 0.25) is 0 Å². The minimum Gasteiger partial charge on any atom is -0.350 e. The highest BCUT2D eigenvalue weighted by Gasteiger charge is 2.19. The molecule has 0 aliphatic heterocycles. The molecular weight excluding hydrogens is 285 g/mol. The van der Waals surface area contributed by atoms with E-state index in [-0.39, 0.29) is 11.9 Å². The molecule has 0 radical (unpaired) electrons. The first-order valence-corrected chi connectivity index (χ1v) is 8.13. The molecule has 0 spiro atoms. The standard InChI is InChI=1S/C16H22FN3S/c1-4-8-18-11-13-7-9-19-16(15(13)17)20(3)12(2)14-6-5-10-21-14/h5-7,9-10,12,18H,4,8,11H2,1-3H3. The summed E-state index contributed by atoms with van der Waals surface area (Å²) >= 11 is 1.68. The van der Waals surface area contributed by atoms with Crippen molar-refractivity contribution < 1.29 is 4.39 Å².